The molecule has 178 valence electrons. The number of nitriles is 1. The average molecular weight is 560 g/mol. The number of ether oxygens (including phenoxy) is 1. The smallest absolute Gasteiger partial charge is 0.216 e. The molecule has 0 N–H and O–H groups in total. The molecule has 0 amide bonds. The lowest BCUT2D eigenvalue weighted by molar-refractivity contribution is 0.411. The molecule has 7 nitrogen and oxygen atoms in total. The van der Waals surface area contributed by atoms with E-state index in [2.05, 4.69) is 21.0 Å². The van der Waals surface area contributed by atoms with Crippen molar-refractivity contribution in [3.8, 4) is 29.0 Å². The predicted molar refractivity (Wildman–Crippen MR) is 140 cm³/mol. The highest BCUT2D eigenvalue weighted by molar-refractivity contribution is 9.10. The number of hydrogen-bond acceptors (Lipinski definition) is 6. The van der Waals surface area contributed by atoms with Crippen molar-refractivity contribution < 1.29 is 17.6 Å². The zero-order valence-corrected chi connectivity index (χ0v) is 21.3. The van der Waals surface area contributed by atoms with Crippen LogP contribution in [0, 0.1) is 11.3 Å². The summed E-state index contributed by atoms with van der Waals surface area (Å²) in [5.41, 5.74) is 2.11. The average Bonchev–Trinajstić information content (AvgIpc) is 3.52. The van der Waals surface area contributed by atoms with E-state index in [-0.39, 0.29) is 4.90 Å². The number of para-hydroxylation sites is 2. The van der Waals surface area contributed by atoms with E-state index in [0.29, 0.717) is 28.4 Å². The van der Waals surface area contributed by atoms with Gasteiger partial charge < -0.3 is 9.15 Å². The first-order valence-corrected chi connectivity index (χ1v) is 13.0. The van der Waals surface area contributed by atoms with Gasteiger partial charge in [-0.25, -0.2) is 13.1 Å². The maximum Gasteiger partial charge on any atom is 0.216 e. The van der Waals surface area contributed by atoms with E-state index in [1.54, 1.807) is 36.2 Å². The Morgan fingerprint density at radius 2 is 1.83 bits per heavy atom. The Morgan fingerprint density at radius 3 is 2.53 bits per heavy atom. The van der Waals surface area contributed by atoms with Gasteiger partial charge in [-0.2, -0.15) is 10.4 Å². The number of sulfone groups is 1. The fourth-order valence-electron chi connectivity index (χ4n) is 3.76. The number of methoxy groups -OCH3 is 1. The molecule has 9 heteroatoms. The first-order chi connectivity index (χ1) is 17.4. The largest absolute Gasteiger partial charge is 0.493 e. The van der Waals surface area contributed by atoms with Gasteiger partial charge in [0.05, 0.1) is 17.7 Å². The van der Waals surface area contributed by atoms with Crippen LogP contribution in [-0.2, 0) is 9.84 Å². The Labute approximate surface area is 215 Å². The second-order valence-electron chi connectivity index (χ2n) is 7.78. The molecule has 5 aromatic rings. The number of halogens is 1. The van der Waals surface area contributed by atoms with E-state index in [9.17, 15) is 13.7 Å². The van der Waals surface area contributed by atoms with Crippen molar-refractivity contribution in [3.05, 3.63) is 100 Å². The summed E-state index contributed by atoms with van der Waals surface area (Å²) < 4.78 is 40.4. The third-order valence-electron chi connectivity index (χ3n) is 5.53. The van der Waals surface area contributed by atoms with Crippen molar-refractivity contribution >= 4 is 42.8 Å². The molecular weight excluding hydrogens is 542 g/mol. The molecule has 0 saturated heterocycles. The number of furan rings is 1. The quantitative estimate of drug-likeness (QED) is 0.223. The minimum absolute atomic E-state index is 0.0176. The molecule has 0 radical (unpaired) electrons. The highest BCUT2D eigenvalue weighted by Gasteiger charge is 2.23. The molecule has 0 spiro atoms. The van der Waals surface area contributed by atoms with Crippen LogP contribution in [0.2, 0.25) is 0 Å². The van der Waals surface area contributed by atoms with Crippen LogP contribution in [0.25, 0.3) is 34.2 Å². The third-order valence-corrected chi connectivity index (χ3v) is 7.74. The van der Waals surface area contributed by atoms with E-state index in [4.69, 9.17) is 9.15 Å². The molecule has 36 heavy (non-hydrogen) atoms. The Balaban J connectivity index is 1.70. The summed E-state index contributed by atoms with van der Waals surface area (Å²) in [4.78, 5) is -0.392. The topological polar surface area (TPSA) is 98.1 Å². The van der Waals surface area contributed by atoms with Crippen molar-refractivity contribution in [2.75, 3.05) is 7.11 Å². The summed E-state index contributed by atoms with van der Waals surface area (Å²) in [6.45, 7) is 0. The van der Waals surface area contributed by atoms with Crippen molar-refractivity contribution in [2.45, 2.75) is 4.90 Å². The molecular formula is C27H18BrN3O4S. The molecule has 0 unspecified atom stereocenters. The first-order valence-electron chi connectivity index (χ1n) is 10.7. The van der Waals surface area contributed by atoms with Crippen LogP contribution in [0.1, 0.15) is 5.56 Å². The Kier molecular flexibility index (Phi) is 6.22. The van der Waals surface area contributed by atoms with Gasteiger partial charge in [-0.15, -0.1) is 0 Å². The van der Waals surface area contributed by atoms with Crippen LogP contribution in [-0.4, -0.2) is 25.3 Å². The van der Waals surface area contributed by atoms with Crippen molar-refractivity contribution in [1.29, 1.82) is 5.26 Å². The van der Waals surface area contributed by atoms with Crippen LogP contribution in [0.3, 0.4) is 0 Å². The Bertz CT molecular complexity index is 1750. The summed E-state index contributed by atoms with van der Waals surface area (Å²) in [5.74, 6) is 0.975. The van der Waals surface area contributed by atoms with Crippen LogP contribution in [0.15, 0.2) is 104 Å². The maximum atomic E-state index is 13.3. The fraction of sp³-hybridized carbons (Fsp3) is 0.0370. The van der Waals surface area contributed by atoms with Gasteiger partial charge >= 0.3 is 0 Å². The lowest BCUT2D eigenvalue weighted by Crippen LogP contribution is -2.03. The number of benzene rings is 3. The van der Waals surface area contributed by atoms with Crippen molar-refractivity contribution in [3.63, 3.8) is 0 Å². The van der Waals surface area contributed by atoms with Gasteiger partial charge in [-0.1, -0.05) is 46.3 Å². The van der Waals surface area contributed by atoms with Crippen LogP contribution >= 0.6 is 15.9 Å². The second-order valence-corrected chi connectivity index (χ2v) is 10.6. The molecule has 3 aromatic carbocycles. The molecule has 0 saturated carbocycles. The lowest BCUT2D eigenvalue weighted by Gasteiger charge is -2.03. The molecule has 0 aliphatic carbocycles. The van der Waals surface area contributed by atoms with E-state index >= 15 is 0 Å². The molecule has 5 rings (SSSR count). The molecule has 0 bridgehead atoms. The lowest BCUT2D eigenvalue weighted by atomic mass is 10.2. The highest BCUT2D eigenvalue weighted by Crippen LogP contribution is 2.35. The summed E-state index contributed by atoms with van der Waals surface area (Å²) in [5, 5.41) is 15.3. The minimum atomic E-state index is -4.06. The van der Waals surface area contributed by atoms with E-state index in [0.717, 1.165) is 15.5 Å². The number of allylic oxidation sites excluding steroid dienone is 1. The zero-order valence-electron chi connectivity index (χ0n) is 18.9. The predicted octanol–water partition coefficient (Wildman–Crippen LogP) is 6.39. The SMILES string of the molecule is COc1cccc2cc(-c3nn(-c4ccccc4)cc3/C=C(\C#N)S(=O)(=O)c3ccc(Br)cc3)oc12. The van der Waals surface area contributed by atoms with E-state index < -0.39 is 14.7 Å². The number of rotatable bonds is 6. The summed E-state index contributed by atoms with van der Waals surface area (Å²) in [6.07, 6.45) is 2.99. The maximum absolute atomic E-state index is 13.3. The van der Waals surface area contributed by atoms with Crippen molar-refractivity contribution in [2.24, 2.45) is 0 Å². The molecule has 0 atom stereocenters. The molecule has 0 aliphatic heterocycles. The van der Waals surface area contributed by atoms with Crippen LogP contribution in [0.4, 0.5) is 0 Å². The third kappa shape index (κ3) is 4.33. The molecule has 2 heterocycles. The number of nitrogens with zero attached hydrogens (tertiary/aromatic N) is 3. The molecule has 0 aliphatic rings. The second kappa shape index (κ2) is 9.49. The van der Waals surface area contributed by atoms with Gasteiger partial charge in [0.15, 0.2) is 17.1 Å². The number of hydrogen-bond donors (Lipinski definition) is 0. The monoisotopic (exact) mass is 559 g/mol. The van der Waals surface area contributed by atoms with Crippen LogP contribution < -0.4 is 4.74 Å². The zero-order chi connectivity index (χ0) is 25.3. The van der Waals surface area contributed by atoms with E-state index in [1.807, 2.05) is 54.6 Å². The van der Waals surface area contributed by atoms with Gasteiger partial charge in [0, 0.05) is 21.6 Å². The summed E-state index contributed by atoms with van der Waals surface area (Å²) in [7, 11) is -2.51. The summed E-state index contributed by atoms with van der Waals surface area (Å²) in [6, 6.07) is 24.7. The number of fused-ring (bicyclic) bond motifs is 1. The van der Waals surface area contributed by atoms with E-state index in [1.165, 1.54) is 18.2 Å². The van der Waals surface area contributed by atoms with Gasteiger partial charge in [-0.05, 0) is 54.6 Å². The van der Waals surface area contributed by atoms with Gasteiger partial charge in [0.25, 0.3) is 0 Å². The van der Waals surface area contributed by atoms with Crippen LogP contribution in [0.5, 0.6) is 5.75 Å². The normalized spacial score (nSPS) is 12.0. The van der Waals surface area contributed by atoms with Gasteiger partial charge in [0.1, 0.15) is 16.7 Å². The fourth-order valence-corrected chi connectivity index (χ4v) is 5.18. The highest BCUT2D eigenvalue weighted by atomic mass is 79.9. The van der Waals surface area contributed by atoms with Crippen molar-refractivity contribution in [1.82, 2.24) is 9.78 Å². The summed E-state index contributed by atoms with van der Waals surface area (Å²) >= 11 is 3.30. The first kappa shape index (κ1) is 23.6. The molecule has 2 aromatic heterocycles. The molecule has 0 fully saturated rings. The van der Waals surface area contributed by atoms with Gasteiger partial charge in [0.2, 0.25) is 9.84 Å². The Hall–Kier alpha value is -4.13. The van der Waals surface area contributed by atoms with Gasteiger partial charge in [-0.3, -0.25) is 0 Å². The minimum Gasteiger partial charge on any atom is -0.493 e. The number of aromatic nitrogens is 2. The standard InChI is InChI=1S/C27H18BrN3O4S/c1-34-24-9-5-6-18-15-25(35-27(18)24)26-19(17-31(30-26)21-7-3-2-4-8-21)14-23(16-29)36(32,33)22-12-10-20(28)11-13-22/h2-15,17H,1H3/b23-14+. The Morgan fingerprint density at radius 1 is 1.08 bits per heavy atom.